The zero-order valence-electron chi connectivity index (χ0n) is 20.3. The third kappa shape index (κ3) is 5.91. The molecule has 0 unspecified atom stereocenters. The van der Waals surface area contributed by atoms with Gasteiger partial charge in [0.1, 0.15) is 5.69 Å². The number of aryl methyl sites for hydroxylation is 1. The summed E-state index contributed by atoms with van der Waals surface area (Å²) in [7, 11) is 0. The van der Waals surface area contributed by atoms with Gasteiger partial charge in [0.15, 0.2) is 0 Å². The van der Waals surface area contributed by atoms with Crippen molar-refractivity contribution in [1.29, 1.82) is 0 Å². The normalized spacial score (nSPS) is 13.8. The van der Waals surface area contributed by atoms with Crippen LogP contribution in [0.2, 0.25) is 5.02 Å². The fourth-order valence-corrected chi connectivity index (χ4v) is 4.64. The van der Waals surface area contributed by atoms with Crippen LogP contribution in [0.1, 0.15) is 68.0 Å². The second-order valence-corrected chi connectivity index (χ2v) is 9.18. The number of nitrogens with one attached hydrogen (secondary N) is 1. The summed E-state index contributed by atoms with van der Waals surface area (Å²) in [5.41, 5.74) is 3.86. The number of hydrogen-bond acceptors (Lipinski definition) is 5. The molecule has 36 heavy (non-hydrogen) atoms. The molecular weight excluding hydrogens is 478 g/mol. The number of aromatic nitrogens is 1. The van der Waals surface area contributed by atoms with Gasteiger partial charge in [0, 0.05) is 30.5 Å². The molecule has 7 nitrogen and oxygen atoms in total. The fourth-order valence-electron chi connectivity index (χ4n) is 4.32. The van der Waals surface area contributed by atoms with Gasteiger partial charge >= 0.3 is 5.97 Å². The number of pyridine rings is 1. The van der Waals surface area contributed by atoms with Crippen molar-refractivity contribution in [1.82, 2.24) is 9.88 Å². The maximum Gasteiger partial charge on any atom is 0.356 e. The summed E-state index contributed by atoms with van der Waals surface area (Å²) in [6.07, 6.45) is 3.11. The van der Waals surface area contributed by atoms with E-state index in [1.165, 1.54) is 17.8 Å². The van der Waals surface area contributed by atoms with Crippen molar-refractivity contribution in [2.75, 3.05) is 25.0 Å². The van der Waals surface area contributed by atoms with Gasteiger partial charge in [-0.25, -0.2) is 9.78 Å². The minimum absolute atomic E-state index is 0.116. The lowest BCUT2D eigenvalue weighted by Crippen LogP contribution is -2.38. The van der Waals surface area contributed by atoms with E-state index in [2.05, 4.69) is 10.3 Å². The molecule has 2 aromatic carbocycles. The van der Waals surface area contributed by atoms with Crippen molar-refractivity contribution in [3.63, 3.8) is 0 Å². The predicted octanol–water partition coefficient (Wildman–Crippen LogP) is 5.49. The molecule has 4 rings (SSSR count). The summed E-state index contributed by atoms with van der Waals surface area (Å²) in [6, 6.07) is 16.3. The summed E-state index contributed by atoms with van der Waals surface area (Å²) < 4.78 is 4.98. The van der Waals surface area contributed by atoms with Crippen LogP contribution in [-0.4, -0.2) is 47.4 Å². The van der Waals surface area contributed by atoms with Crippen molar-refractivity contribution < 1.29 is 19.1 Å². The Bertz CT molecular complexity index is 1270. The minimum atomic E-state index is -0.535. The second kappa shape index (κ2) is 11.4. The number of anilines is 1. The van der Waals surface area contributed by atoms with Gasteiger partial charge in [-0.1, -0.05) is 29.8 Å². The van der Waals surface area contributed by atoms with Crippen LogP contribution in [0.4, 0.5) is 5.69 Å². The lowest BCUT2D eigenvalue weighted by molar-refractivity contribution is 0.0519. The van der Waals surface area contributed by atoms with Gasteiger partial charge in [-0.2, -0.15) is 0 Å². The van der Waals surface area contributed by atoms with E-state index in [-0.39, 0.29) is 24.1 Å². The molecule has 0 bridgehead atoms. The molecule has 0 saturated carbocycles. The molecule has 1 fully saturated rings. The number of amides is 2. The Morgan fingerprint density at radius 2 is 1.78 bits per heavy atom. The predicted molar refractivity (Wildman–Crippen MR) is 139 cm³/mol. The number of hydrogen-bond donors (Lipinski definition) is 1. The zero-order chi connectivity index (χ0) is 25.7. The van der Waals surface area contributed by atoms with Gasteiger partial charge in [0.2, 0.25) is 0 Å². The lowest BCUT2D eigenvalue weighted by Gasteiger charge is -2.32. The lowest BCUT2D eigenvalue weighted by atomic mass is 9.89. The van der Waals surface area contributed by atoms with E-state index in [4.69, 9.17) is 16.3 Å². The van der Waals surface area contributed by atoms with Gasteiger partial charge in [-0.05, 0) is 80.1 Å². The molecule has 1 aliphatic rings. The van der Waals surface area contributed by atoms with Gasteiger partial charge in [0.25, 0.3) is 11.8 Å². The first-order valence-corrected chi connectivity index (χ1v) is 12.3. The Morgan fingerprint density at radius 1 is 1.06 bits per heavy atom. The number of benzene rings is 2. The van der Waals surface area contributed by atoms with Crippen LogP contribution < -0.4 is 5.32 Å². The van der Waals surface area contributed by atoms with Gasteiger partial charge in [-0.15, -0.1) is 0 Å². The van der Waals surface area contributed by atoms with Crippen LogP contribution in [0, 0.1) is 6.92 Å². The quantitative estimate of drug-likeness (QED) is 0.447. The van der Waals surface area contributed by atoms with Crippen LogP contribution >= 0.6 is 11.6 Å². The molecule has 2 amide bonds. The molecule has 3 aromatic rings. The van der Waals surface area contributed by atoms with Crippen molar-refractivity contribution in [2.45, 2.75) is 32.6 Å². The first-order chi connectivity index (χ1) is 17.4. The average molecular weight is 506 g/mol. The van der Waals surface area contributed by atoms with E-state index >= 15 is 0 Å². The molecule has 186 valence electrons. The summed E-state index contributed by atoms with van der Waals surface area (Å²) in [6.45, 7) is 5.13. The molecule has 1 saturated heterocycles. The van der Waals surface area contributed by atoms with E-state index < -0.39 is 5.97 Å². The Morgan fingerprint density at radius 3 is 2.44 bits per heavy atom. The van der Waals surface area contributed by atoms with Crippen molar-refractivity contribution in [3.8, 4) is 0 Å². The van der Waals surface area contributed by atoms with E-state index in [9.17, 15) is 14.4 Å². The topological polar surface area (TPSA) is 88.6 Å². The smallest absolute Gasteiger partial charge is 0.356 e. The molecule has 0 atom stereocenters. The SMILES string of the molecule is CCOC(=O)c1cc(C(=O)N2CCC(c3ccc(NC(=O)c4ccc(C)cc4Cl)cc3)CC2)ccn1. The van der Waals surface area contributed by atoms with Crippen LogP contribution in [0.15, 0.2) is 60.8 Å². The summed E-state index contributed by atoms with van der Waals surface area (Å²) in [4.78, 5) is 43.3. The van der Waals surface area contributed by atoms with Crippen LogP contribution in [-0.2, 0) is 4.74 Å². The van der Waals surface area contributed by atoms with Crippen molar-refractivity contribution >= 4 is 35.1 Å². The summed E-state index contributed by atoms with van der Waals surface area (Å²) in [5.74, 6) is -0.582. The molecule has 0 aliphatic carbocycles. The maximum atomic E-state index is 13.0. The highest BCUT2D eigenvalue weighted by Crippen LogP contribution is 2.30. The maximum absolute atomic E-state index is 13.0. The zero-order valence-corrected chi connectivity index (χ0v) is 21.0. The highest BCUT2D eigenvalue weighted by atomic mass is 35.5. The standard InChI is InChI=1S/C28H28ClN3O4/c1-3-36-28(35)25-17-21(10-13-30-25)27(34)32-14-11-20(12-15-32)19-5-7-22(8-6-19)31-26(33)23-9-4-18(2)16-24(23)29/h4-10,13,16-17,20H,3,11-12,14-15H2,1-2H3,(H,31,33). The second-order valence-electron chi connectivity index (χ2n) is 8.78. The molecule has 0 spiro atoms. The monoisotopic (exact) mass is 505 g/mol. The molecular formula is C28H28ClN3O4. The summed E-state index contributed by atoms with van der Waals surface area (Å²) >= 11 is 6.21. The first kappa shape index (κ1) is 25.4. The third-order valence-electron chi connectivity index (χ3n) is 6.28. The van der Waals surface area contributed by atoms with Crippen molar-refractivity contribution in [3.05, 3.63) is 93.8 Å². The largest absolute Gasteiger partial charge is 0.461 e. The number of likely N-dealkylation sites (tertiary alicyclic amines) is 1. The fraction of sp³-hybridized carbons (Fsp3) is 0.286. The Balaban J connectivity index is 1.34. The first-order valence-electron chi connectivity index (χ1n) is 12.0. The molecule has 0 radical (unpaired) electrons. The number of carbonyl (C=O) groups is 3. The van der Waals surface area contributed by atoms with Gasteiger partial charge < -0.3 is 15.0 Å². The number of nitrogens with zero attached hydrogens (tertiary/aromatic N) is 2. The number of carbonyl (C=O) groups excluding carboxylic acids is 3. The number of piperidine rings is 1. The number of esters is 1. The van der Waals surface area contributed by atoms with Gasteiger partial charge in [0.05, 0.1) is 17.2 Å². The number of rotatable bonds is 6. The van der Waals surface area contributed by atoms with Gasteiger partial charge in [-0.3, -0.25) is 9.59 Å². The average Bonchev–Trinajstić information content (AvgIpc) is 2.89. The number of ether oxygens (including phenoxy) is 1. The molecule has 1 aliphatic heterocycles. The summed E-state index contributed by atoms with van der Waals surface area (Å²) in [5, 5.41) is 3.32. The van der Waals surface area contributed by atoms with Crippen molar-refractivity contribution in [2.24, 2.45) is 0 Å². The van der Waals surface area contributed by atoms with Crippen LogP contribution in [0.5, 0.6) is 0 Å². The highest BCUT2D eigenvalue weighted by molar-refractivity contribution is 6.34. The molecule has 1 N–H and O–H groups in total. The molecule has 1 aromatic heterocycles. The van der Waals surface area contributed by atoms with E-state index in [1.54, 1.807) is 30.0 Å². The Kier molecular flexibility index (Phi) is 8.00. The van der Waals surface area contributed by atoms with E-state index in [1.807, 2.05) is 37.3 Å². The molecule has 8 heteroatoms. The molecule has 2 heterocycles. The highest BCUT2D eigenvalue weighted by Gasteiger charge is 2.25. The Hall–Kier alpha value is -3.71. The number of halogens is 1. The Labute approximate surface area is 215 Å². The van der Waals surface area contributed by atoms with Crippen LogP contribution in [0.25, 0.3) is 0 Å². The third-order valence-corrected chi connectivity index (χ3v) is 6.60. The van der Waals surface area contributed by atoms with E-state index in [0.29, 0.717) is 40.8 Å². The minimum Gasteiger partial charge on any atom is -0.461 e. The van der Waals surface area contributed by atoms with E-state index in [0.717, 1.165) is 18.4 Å². The van der Waals surface area contributed by atoms with Crippen LogP contribution in [0.3, 0.4) is 0 Å².